The van der Waals surface area contributed by atoms with E-state index >= 15 is 0 Å². The number of nitriles is 1. The summed E-state index contributed by atoms with van der Waals surface area (Å²) in [6.07, 6.45) is 1.41. The van der Waals surface area contributed by atoms with E-state index in [9.17, 15) is 0 Å². The van der Waals surface area contributed by atoms with E-state index in [1.165, 1.54) is 0 Å². The first-order chi connectivity index (χ1) is 9.19. The molecule has 0 aliphatic carbocycles. The average Bonchev–Trinajstić information content (AvgIpc) is 2.75. The number of guanidine groups is 1. The molecule has 0 saturated carbocycles. The van der Waals surface area contributed by atoms with E-state index in [1.54, 1.807) is 7.11 Å². The summed E-state index contributed by atoms with van der Waals surface area (Å²) < 4.78 is 4.88. The monoisotopic (exact) mass is 393 g/mol. The molecule has 9 heteroatoms. The molecule has 0 atom stereocenters. The highest BCUT2D eigenvalue weighted by Crippen LogP contribution is 2.13. The molecule has 0 spiro atoms. The van der Waals surface area contributed by atoms with Crippen LogP contribution in [0.15, 0.2) is 4.99 Å². The van der Waals surface area contributed by atoms with Crippen LogP contribution in [0, 0.1) is 11.3 Å². The van der Waals surface area contributed by atoms with Crippen molar-refractivity contribution in [1.29, 1.82) is 5.26 Å². The van der Waals surface area contributed by atoms with Gasteiger partial charge in [-0.25, -0.2) is 0 Å². The molecule has 1 aromatic heterocycles. The van der Waals surface area contributed by atoms with Gasteiger partial charge in [0.2, 0.25) is 0 Å². The van der Waals surface area contributed by atoms with Crippen molar-refractivity contribution in [3.63, 3.8) is 0 Å². The number of aromatic nitrogens is 2. The Labute approximate surface area is 135 Å². The molecule has 0 radical (unpaired) electrons. The maximum Gasteiger partial charge on any atom is 0.188 e. The number of H-pyrrole nitrogens is 1. The van der Waals surface area contributed by atoms with Gasteiger partial charge in [0.15, 0.2) is 11.8 Å². The van der Waals surface area contributed by atoms with E-state index in [0.29, 0.717) is 37.6 Å². The molecule has 0 aliphatic rings. The Morgan fingerprint density at radius 1 is 1.60 bits per heavy atom. The fourth-order valence-electron chi connectivity index (χ4n) is 1.49. The summed E-state index contributed by atoms with van der Waals surface area (Å²) in [5.74, 6) is 0.628. The number of ether oxygens (including phenoxy) is 1. The molecule has 6 N–H and O–H groups in total. The second kappa shape index (κ2) is 10.3. The van der Waals surface area contributed by atoms with Crippen molar-refractivity contribution in [2.24, 2.45) is 10.7 Å². The van der Waals surface area contributed by atoms with Crippen LogP contribution in [0.25, 0.3) is 0 Å². The molecule has 0 fully saturated rings. The number of nitrogen functional groups attached to an aromatic ring is 1. The van der Waals surface area contributed by atoms with Crippen LogP contribution in [0.5, 0.6) is 0 Å². The first-order valence-corrected chi connectivity index (χ1v) is 5.94. The lowest BCUT2D eigenvalue weighted by Gasteiger charge is -2.04. The molecule has 0 aromatic carbocycles. The van der Waals surface area contributed by atoms with Crippen molar-refractivity contribution in [1.82, 2.24) is 15.5 Å². The number of rotatable bonds is 7. The first kappa shape index (κ1) is 18.5. The second-order valence-corrected chi connectivity index (χ2v) is 3.86. The maximum atomic E-state index is 8.89. The van der Waals surface area contributed by atoms with E-state index in [4.69, 9.17) is 21.5 Å². The van der Waals surface area contributed by atoms with E-state index in [0.717, 1.165) is 12.1 Å². The van der Waals surface area contributed by atoms with Crippen LogP contribution in [-0.2, 0) is 11.2 Å². The van der Waals surface area contributed by atoms with E-state index in [-0.39, 0.29) is 29.8 Å². The van der Waals surface area contributed by atoms with Gasteiger partial charge in [-0.1, -0.05) is 0 Å². The van der Waals surface area contributed by atoms with Gasteiger partial charge in [0.25, 0.3) is 0 Å². The topological polar surface area (TPSA) is 138 Å². The summed E-state index contributed by atoms with van der Waals surface area (Å²) >= 11 is 0. The SMILES string of the molecule is COCCNC(N)=NCCCc1[nH]nc(N)c1C#N.I. The molecule has 1 heterocycles. The molecule has 0 unspecified atom stereocenters. The molecule has 0 bridgehead atoms. The predicted octanol–water partition coefficient (Wildman–Crippen LogP) is -0.0351. The summed E-state index contributed by atoms with van der Waals surface area (Å²) in [5, 5.41) is 18.4. The number of aliphatic imine (C=N–C) groups is 1. The number of nitrogens with two attached hydrogens (primary N) is 2. The molecule has 1 aromatic rings. The highest BCUT2D eigenvalue weighted by atomic mass is 127. The van der Waals surface area contributed by atoms with Gasteiger partial charge < -0.3 is 21.5 Å². The van der Waals surface area contributed by atoms with Crippen molar-refractivity contribution < 1.29 is 4.74 Å². The highest BCUT2D eigenvalue weighted by Gasteiger charge is 2.08. The van der Waals surface area contributed by atoms with Gasteiger partial charge in [-0.05, 0) is 12.8 Å². The third kappa shape index (κ3) is 6.07. The first-order valence-electron chi connectivity index (χ1n) is 5.94. The molecule has 8 nitrogen and oxygen atoms in total. The molecule has 1 rings (SSSR count). The summed E-state index contributed by atoms with van der Waals surface area (Å²) in [6, 6.07) is 2.02. The largest absolute Gasteiger partial charge is 0.383 e. The third-order valence-electron chi connectivity index (χ3n) is 2.46. The van der Waals surface area contributed by atoms with Crippen LogP contribution in [0.3, 0.4) is 0 Å². The molecule has 112 valence electrons. The van der Waals surface area contributed by atoms with Crippen molar-refractivity contribution in [2.45, 2.75) is 12.8 Å². The summed E-state index contributed by atoms with van der Waals surface area (Å²) in [7, 11) is 1.62. The number of anilines is 1. The summed E-state index contributed by atoms with van der Waals surface area (Å²) in [6.45, 7) is 1.77. The Morgan fingerprint density at radius 2 is 2.35 bits per heavy atom. The van der Waals surface area contributed by atoms with Gasteiger partial charge in [0.05, 0.1) is 12.3 Å². The number of halogens is 1. The fraction of sp³-hybridized carbons (Fsp3) is 0.545. The van der Waals surface area contributed by atoms with Crippen LogP contribution in [0.1, 0.15) is 17.7 Å². The number of methoxy groups -OCH3 is 1. The standard InChI is InChI=1S/C11H19N7O.HI/c1-19-6-5-16-11(14)15-4-2-3-9-8(7-12)10(13)18-17-9;/h2-6H2,1H3,(H3,13,17,18)(H3,14,15,16);1H. The minimum Gasteiger partial charge on any atom is -0.383 e. The van der Waals surface area contributed by atoms with Crippen molar-refractivity contribution >= 4 is 35.8 Å². The zero-order chi connectivity index (χ0) is 14.1. The molecular formula is C11H20IN7O. The number of nitrogens with zero attached hydrogens (tertiary/aromatic N) is 3. The minimum absolute atomic E-state index is 0. The fourth-order valence-corrected chi connectivity index (χ4v) is 1.49. The lowest BCUT2D eigenvalue weighted by atomic mass is 10.1. The number of hydrogen-bond donors (Lipinski definition) is 4. The van der Waals surface area contributed by atoms with Gasteiger partial charge in [-0.3, -0.25) is 10.1 Å². The van der Waals surface area contributed by atoms with E-state index in [2.05, 4.69) is 20.5 Å². The summed E-state index contributed by atoms with van der Waals surface area (Å²) in [4.78, 5) is 4.15. The lowest BCUT2D eigenvalue weighted by molar-refractivity contribution is 0.204. The zero-order valence-corrected chi connectivity index (χ0v) is 13.7. The smallest absolute Gasteiger partial charge is 0.188 e. The maximum absolute atomic E-state index is 8.89. The highest BCUT2D eigenvalue weighted by molar-refractivity contribution is 14.0. The molecular weight excluding hydrogens is 373 g/mol. The van der Waals surface area contributed by atoms with Crippen molar-refractivity contribution in [3.8, 4) is 6.07 Å². The average molecular weight is 393 g/mol. The van der Waals surface area contributed by atoms with Crippen LogP contribution in [0.4, 0.5) is 5.82 Å². The van der Waals surface area contributed by atoms with E-state index < -0.39 is 0 Å². The normalized spacial score (nSPS) is 10.7. The van der Waals surface area contributed by atoms with Gasteiger partial charge in [-0.2, -0.15) is 10.4 Å². The number of aromatic amines is 1. The quantitative estimate of drug-likeness (QED) is 0.222. The lowest BCUT2D eigenvalue weighted by Crippen LogP contribution is -2.34. The van der Waals surface area contributed by atoms with Gasteiger partial charge in [0, 0.05) is 20.2 Å². The van der Waals surface area contributed by atoms with Crippen molar-refractivity contribution in [3.05, 3.63) is 11.3 Å². The molecule has 0 saturated heterocycles. The predicted molar refractivity (Wildman–Crippen MR) is 87.8 cm³/mol. The van der Waals surface area contributed by atoms with Gasteiger partial charge >= 0.3 is 0 Å². The Morgan fingerprint density at radius 3 is 3.00 bits per heavy atom. The Kier molecular flexibility index (Phi) is 9.48. The number of hydrogen-bond acceptors (Lipinski definition) is 5. The van der Waals surface area contributed by atoms with Crippen LogP contribution >= 0.6 is 24.0 Å². The molecule has 0 aliphatic heterocycles. The summed E-state index contributed by atoms with van der Waals surface area (Å²) in [5.41, 5.74) is 12.3. The molecule has 0 amide bonds. The Hall–Kier alpha value is -1.54. The number of nitrogens with one attached hydrogen (secondary N) is 2. The molecule has 20 heavy (non-hydrogen) atoms. The van der Waals surface area contributed by atoms with Gasteiger partial charge in [-0.15, -0.1) is 24.0 Å². The number of aryl methyl sites for hydroxylation is 1. The second-order valence-electron chi connectivity index (χ2n) is 3.86. The zero-order valence-electron chi connectivity index (χ0n) is 11.3. The van der Waals surface area contributed by atoms with Crippen LogP contribution in [-0.4, -0.2) is 43.0 Å². The Bertz CT molecular complexity index is 466. The van der Waals surface area contributed by atoms with Crippen LogP contribution < -0.4 is 16.8 Å². The Balaban J connectivity index is 0.00000361. The van der Waals surface area contributed by atoms with E-state index in [1.807, 2.05) is 6.07 Å². The minimum atomic E-state index is 0. The van der Waals surface area contributed by atoms with Crippen molar-refractivity contribution in [2.75, 3.05) is 32.5 Å². The van der Waals surface area contributed by atoms with Gasteiger partial charge in [0.1, 0.15) is 11.6 Å². The van der Waals surface area contributed by atoms with Crippen LogP contribution in [0.2, 0.25) is 0 Å². The third-order valence-corrected chi connectivity index (χ3v) is 2.46.